The van der Waals surface area contributed by atoms with Gasteiger partial charge in [0.2, 0.25) is 0 Å². The lowest BCUT2D eigenvalue weighted by molar-refractivity contribution is -0.384. The van der Waals surface area contributed by atoms with Gasteiger partial charge in [0.15, 0.2) is 0 Å². The molecule has 0 aromatic heterocycles. The number of rotatable bonds is 4. The molecule has 0 spiro atoms. The van der Waals surface area contributed by atoms with Crippen LogP contribution in [0.1, 0.15) is 48.3 Å². The second-order valence-corrected chi connectivity index (χ2v) is 9.56. The summed E-state index contributed by atoms with van der Waals surface area (Å²) in [5.41, 5.74) is 7.08. The second-order valence-electron chi connectivity index (χ2n) is 9.56. The quantitative estimate of drug-likeness (QED) is 0.323. The van der Waals surface area contributed by atoms with Crippen molar-refractivity contribution < 1.29 is 14.5 Å². The van der Waals surface area contributed by atoms with E-state index in [0.717, 1.165) is 36.8 Å². The molecule has 2 aliphatic heterocycles. The van der Waals surface area contributed by atoms with Gasteiger partial charge in [0.05, 0.1) is 11.0 Å². The molecule has 1 aliphatic carbocycles. The number of carbonyl (C=O) groups is 1. The molecule has 2 unspecified atom stereocenters. The summed E-state index contributed by atoms with van der Waals surface area (Å²) in [7, 11) is 0. The first kappa shape index (κ1) is 21.6. The number of hydrogen-bond donors (Lipinski definition) is 0. The van der Waals surface area contributed by atoms with Gasteiger partial charge in [0, 0.05) is 24.1 Å². The third-order valence-electron chi connectivity index (χ3n) is 7.63. The zero-order valence-electron chi connectivity index (χ0n) is 19.3. The number of fused-ring (bicyclic) bond motifs is 5. The molecule has 0 saturated carbocycles. The van der Waals surface area contributed by atoms with Crippen LogP contribution in [0, 0.1) is 10.1 Å². The number of nitro groups is 1. The predicted octanol–water partition coefficient (Wildman–Crippen LogP) is 6.55. The van der Waals surface area contributed by atoms with Crippen LogP contribution in [0.2, 0.25) is 0 Å². The molecule has 0 N–H and O–H groups in total. The maximum absolute atomic E-state index is 13.4. The highest BCUT2D eigenvalue weighted by Crippen LogP contribution is 2.45. The van der Waals surface area contributed by atoms with E-state index in [4.69, 9.17) is 4.74 Å². The third-order valence-corrected chi connectivity index (χ3v) is 7.63. The minimum Gasteiger partial charge on any atom is -0.448 e. The molecule has 3 aromatic rings. The van der Waals surface area contributed by atoms with Crippen LogP contribution in [0.15, 0.2) is 78.9 Å². The summed E-state index contributed by atoms with van der Waals surface area (Å²) in [5.74, 6) is 0.0437. The average molecular weight is 467 g/mol. The number of non-ortho nitro benzene ring substituents is 1. The molecule has 1 fully saturated rings. The highest BCUT2D eigenvalue weighted by molar-refractivity contribution is 5.79. The highest BCUT2D eigenvalue weighted by atomic mass is 16.6. The van der Waals surface area contributed by atoms with Crippen LogP contribution in [0.5, 0.6) is 0 Å². The van der Waals surface area contributed by atoms with E-state index in [2.05, 4.69) is 30.3 Å². The van der Waals surface area contributed by atoms with Gasteiger partial charge in [-0.05, 0) is 71.2 Å². The second kappa shape index (κ2) is 8.69. The van der Waals surface area contributed by atoms with Gasteiger partial charge in [-0.1, -0.05) is 54.6 Å². The van der Waals surface area contributed by atoms with Gasteiger partial charge in [0.1, 0.15) is 6.61 Å². The fourth-order valence-electron chi connectivity index (χ4n) is 5.99. The van der Waals surface area contributed by atoms with Gasteiger partial charge < -0.3 is 4.74 Å². The van der Waals surface area contributed by atoms with Crippen molar-refractivity contribution in [1.82, 2.24) is 4.90 Å². The van der Waals surface area contributed by atoms with E-state index in [1.165, 1.54) is 22.3 Å². The van der Waals surface area contributed by atoms with Gasteiger partial charge in [0.25, 0.3) is 5.69 Å². The summed E-state index contributed by atoms with van der Waals surface area (Å²) < 4.78 is 5.98. The molecule has 2 bridgehead atoms. The number of benzene rings is 3. The fraction of sp³-hybridized carbons (Fsp3) is 0.276. The van der Waals surface area contributed by atoms with Crippen molar-refractivity contribution in [3.63, 3.8) is 0 Å². The Morgan fingerprint density at radius 3 is 2.23 bits per heavy atom. The Morgan fingerprint density at radius 1 is 0.943 bits per heavy atom. The minimum absolute atomic E-state index is 0.0108. The zero-order valence-corrected chi connectivity index (χ0v) is 19.3. The Bertz CT molecular complexity index is 1290. The molecule has 6 rings (SSSR count). The number of piperidine rings is 1. The monoisotopic (exact) mass is 466 g/mol. The number of hydrogen-bond acceptors (Lipinski definition) is 4. The van der Waals surface area contributed by atoms with Crippen LogP contribution in [-0.4, -0.2) is 34.6 Å². The summed E-state index contributed by atoms with van der Waals surface area (Å²) in [5, 5.41) is 11.0. The lowest BCUT2D eigenvalue weighted by atomic mass is 9.83. The van der Waals surface area contributed by atoms with Crippen LogP contribution in [0.4, 0.5) is 10.5 Å². The molecular formula is C29H26N2O4. The van der Waals surface area contributed by atoms with E-state index in [0.29, 0.717) is 6.61 Å². The van der Waals surface area contributed by atoms with Crippen molar-refractivity contribution in [3.05, 3.63) is 106 Å². The molecule has 176 valence electrons. The van der Waals surface area contributed by atoms with Gasteiger partial charge in [-0.25, -0.2) is 4.79 Å². The summed E-state index contributed by atoms with van der Waals surface area (Å²) in [4.78, 5) is 25.9. The molecule has 0 radical (unpaired) electrons. The first-order valence-corrected chi connectivity index (χ1v) is 12.2. The van der Waals surface area contributed by atoms with Crippen LogP contribution >= 0.6 is 0 Å². The Morgan fingerprint density at radius 2 is 1.60 bits per heavy atom. The first-order valence-electron chi connectivity index (χ1n) is 12.2. The van der Waals surface area contributed by atoms with Crippen molar-refractivity contribution in [2.45, 2.75) is 43.7 Å². The normalized spacial score (nSPS) is 20.6. The SMILES string of the molecule is O=C(OCC1c2ccccc2-c2ccccc21)N1C2C=C(c3ccc([N+](=O)[O-])cc3)CC1CCC2. The molecule has 2 atom stereocenters. The zero-order chi connectivity index (χ0) is 23.9. The Labute approximate surface area is 204 Å². The van der Waals surface area contributed by atoms with Gasteiger partial charge >= 0.3 is 6.09 Å². The van der Waals surface area contributed by atoms with Gasteiger partial charge in [-0.2, -0.15) is 0 Å². The van der Waals surface area contributed by atoms with Crippen molar-refractivity contribution in [2.75, 3.05) is 6.61 Å². The van der Waals surface area contributed by atoms with Crippen LogP contribution < -0.4 is 0 Å². The highest BCUT2D eigenvalue weighted by Gasteiger charge is 2.39. The number of nitro benzene ring substituents is 1. The van der Waals surface area contributed by atoms with Crippen LogP contribution in [0.25, 0.3) is 16.7 Å². The van der Waals surface area contributed by atoms with E-state index in [9.17, 15) is 14.9 Å². The number of ether oxygens (including phenoxy) is 1. The third kappa shape index (κ3) is 3.79. The smallest absolute Gasteiger partial charge is 0.410 e. The van der Waals surface area contributed by atoms with Crippen molar-refractivity contribution in [3.8, 4) is 11.1 Å². The number of amides is 1. The van der Waals surface area contributed by atoms with E-state index in [1.54, 1.807) is 12.1 Å². The topological polar surface area (TPSA) is 72.7 Å². The van der Waals surface area contributed by atoms with E-state index in [-0.39, 0.29) is 34.7 Å². The summed E-state index contributed by atoms with van der Waals surface area (Å²) in [6, 6.07) is 23.5. The van der Waals surface area contributed by atoms with Crippen molar-refractivity contribution in [1.29, 1.82) is 0 Å². The Hall–Kier alpha value is -3.93. The summed E-state index contributed by atoms with van der Waals surface area (Å²) >= 11 is 0. The van der Waals surface area contributed by atoms with E-state index in [1.807, 2.05) is 41.3 Å². The van der Waals surface area contributed by atoms with E-state index >= 15 is 0 Å². The molecule has 3 aromatic carbocycles. The molecule has 1 saturated heterocycles. The first-order chi connectivity index (χ1) is 17.1. The maximum Gasteiger partial charge on any atom is 0.410 e. The fourth-order valence-corrected chi connectivity index (χ4v) is 5.99. The molecule has 2 heterocycles. The van der Waals surface area contributed by atoms with Crippen LogP contribution in [-0.2, 0) is 4.74 Å². The Kier molecular flexibility index (Phi) is 5.36. The largest absolute Gasteiger partial charge is 0.448 e. The standard InChI is InChI=1S/C29H26N2O4/c32-29(35-18-28-26-10-3-1-8-24(26)25-9-2-4-11-27(25)28)30-22-6-5-7-23(30)17-20(16-22)19-12-14-21(15-13-19)31(33)34/h1-4,8-16,22-23,28H,5-7,17-18H2. The molecule has 1 amide bonds. The van der Waals surface area contributed by atoms with E-state index < -0.39 is 0 Å². The van der Waals surface area contributed by atoms with Crippen molar-refractivity contribution in [2.24, 2.45) is 0 Å². The predicted molar refractivity (Wildman–Crippen MR) is 134 cm³/mol. The lowest BCUT2D eigenvalue weighted by Gasteiger charge is -2.44. The molecule has 35 heavy (non-hydrogen) atoms. The Balaban J connectivity index is 1.20. The summed E-state index contributed by atoms with van der Waals surface area (Å²) in [6.07, 6.45) is 5.55. The lowest BCUT2D eigenvalue weighted by Crippen LogP contribution is -2.51. The molecule has 3 aliphatic rings. The van der Waals surface area contributed by atoms with Gasteiger partial charge in [-0.15, -0.1) is 0 Å². The molecule has 6 nitrogen and oxygen atoms in total. The average Bonchev–Trinajstić information content (AvgIpc) is 3.20. The van der Waals surface area contributed by atoms with Gasteiger partial charge in [-0.3, -0.25) is 15.0 Å². The molecule has 6 heteroatoms. The van der Waals surface area contributed by atoms with Crippen LogP contribution in [0.3, 0.4) is 0 Å². The number of carbonyl (C=O) groups excluding carboxylic acids is 1. The maximum atomic E-state index is 13.4. The molecular weight excluding hydrogens is 440 g/mol. The summed E-state index contributed by atoms with van der Waals surface area (Å²) in [6.45, 7) is 0.321. The van der Waals surface area contributed by atoms with Crippen molar-refractivity contribution >= 4 is 17.4 Å². The number of nitrogens with zero attached hydrogens (tertiary/aromatic N) is 2. The minimum atomic E-state index is -0.382.